The maximum absolute atomic E-state index is 11.4. The van der Waals surface area contributed by atoms with Crippen molar-refractivity contribution in [3.05, 3.63) is 34.6 Å². The molecular weight excluding hydrogens is 248 g/mol. The molecule has 0 atom stereocenters. The number of aromatic nitrogens is 2. The Morgan fingerprint density at radius 1 is 1.64 bits per heavy atom. The maximum atomic E-state index is 11.4. The van der Waals surface area contributed by atoms with Crippen LogP contribution in [-0.4, -0.2) is 22.7 Å². The molecule has 2 aromatic heterocycles. The molecule has 0 fully saturated rings. The lowest BCUT2D eigenvalue weighted by Crippen LogP contribution is -2.03. The maximum Gasteiger partial charge on any atom is 0.340 e. The molecule has 5 heteroatoms. The van der Waals surface area contributed by atoms with Gasteiger partial charge in [0.15, 0.2) is 0 Å². The van der Waals surface area contributed by atoms with Gasteiger partial charge in [-0.05, 0) is 28.1 Å². The number of nitrogens with zero attached hydrogens (tertiary/aromatic N) is 2. The highest BCUT2D eigenvalue weighted by molar-refractivity contribution is 9.10. The average molecular weight is 255 g/mol. The SMILES string of the molecule is COC(=O)c1cccn2ncc(Br)c12. The molecule has 0 N–H and O–H groups in total. The molecule has 2 heterocycles. The van der Waals surface area contributed by atoms with E-state index in [1.54, 1.807) is 29.0 Å². The van der Waals surface area contributed by atoms with Gasteiger partial charge in [-0.25, -0.2) is 9.31 Å². The third-order valence-corrected chi connectivity index (χ3v) is 2.48. The molecule has 0 spiro atoms. The first-order valence-electron chi connectivity index (χ1n) is 3.94. The fourth-order valence-corrected chi connectivity index (χ4v) is 1.77. The summed E-state index contributed by atoms with van der Waals surface area (Å²) in [4.78, 5) is 11.4. The van der Waals surface area contributed by atoms with Crippen LogP contribution in [0.25, 0.3) is 5.52 Å². The standard InChI is InChI=1S/C9H7BrN2O2/c1-14-9(13)6-3-2-4-12-8(6)7(10)5-11-12/h2-5H,1H3. The van der Waals surface area contributed by atoms with Gasteiger partial charge in [0.25, 0.3) is 0 Å². The molecule has 0 saturated heterocycles. The van der Waals surface area contributed by atoms with E-state index in [2.05, 4.69) is 25.8 Å². The minimum Gasteiger partial charge on any atom is -0.465 e. The first-order valence-corrected chi connectivity index (χ1v) is 4.73. The lowest BCUT2D eigenvalue weighted by Gasteiger charge is -2.01. The number of halogens is 1. The van der Waals surface area contributed by atoms with Crippen LogP contribution in [0.1, 0.15) is 10.4 Å². The molecule has 0 aromatic carbocycles. The highest BCUT2D eigenvalue weighted by Crippen LogP contribution is 2.21. The fourth-order valence-electron chi connectivity index (χ4n) is 1.28. The fraction of sp³-hybridized carbons (Fsp3) is 0.111. The van der Waals surface area contributed by atoms with Crippen molar-refractivity contribution in [3.63, 3.8) is 0 Å². The largest absolute Gasteiger partial charge is 0.465 e. The van der Waals surface area contributed by atoms with Gasteiger partial charge in [-0.15, -0.1) is 0 Å². The summed E-state index contributed by atoms with van der Waals surface area (Å²) < 4.78 is 7.07. The van der Waals surface area contributed by atoms with Crippen LogP contribution >= 0.6 is 15.9 Å². The Balaban J connectivity index is 2.75. The smallest absolute Gasteiger partial charge is 0.340 e. The number of fused-ring (bicyclic) bond motifs is 1. The molecule has 14 heavy (non-hydrogen) atoms. The summed E-state index contributed by atoms with van der Waals surface area (Å²) >= 11 is 3.32. The summed E-state index contributed by atoms with van der Waals surface area (Å²) in [6.07, 6.45) is 3.41. The van der Waals surface area contributed by atoms with Crippen LogP contribution in [0.15, 0.2) is 29.0 Å². The molecule has 0 unspecified atom stereocenters. The summed E-state index contributed by atoms with van der Waals surface area (Å²) in [5, 5.41) is 4.06. The molecule has 0 aliphatic heterocycles. The minimum absolute atomic E-state index is 0.364. The van der Waals surface area contributed by atoms with Crippen molar-refractivity contribution in [2.75, 3.05) is 7.11 Å². The third kappa shape index (κ3) is 1.29. The molecule has 0 amide bonds. The number of esters is 1. The van der Waals surface area contributed by atoms with Crippen molar-refractivity contribution in [2.45, 2.75) is 0 Å². The van der Waals surface area contributed by atoms with E-state index in [9.17, 15) is 4.79 Å². The van der Waals surface area contributed by atoms with Crippen LogP contribution in [0.5, 0.6) is 0 Å². The number of rotatable bonds is 1. The summed E-state index contributed by atoms with van der Waals surface area (Å²) in [6.45, 7) is 0. The van der Waals surface area contributed by atoms with Crippen LogP contribution in [0.4, 0.5) is 0 Å². The summed E-state index contributed by atoms with van der Waals surface area (Å²) in [7, 11) is 1.36. The second kappa shape index (κ2) is 3.42. The van der Waals surface area contributed by atoms with E-state index in [1.807, 2.05) is 0 Å². The van der Waals surface area contributed by atoms with Crippen LogP contribution in [0.3, 0.4) is 0 Å². The van der Waals surface area contributed by atoms with E-state index in [4.69, 9.17) is 0 Å². The first-order chi connectivity index (χ1) is 6.74. The van der Waals surface area contributed by atoms with E-state index in [0.29, 0.717) is 5.56 Å². The van der Waals surface area contributed by atoms with Gasteiger partial charge in [-0.3, -0.25) is 0 Å². The van der Waals surface area contributed by atoms with Crippen LogP contribution in [0.2, 0.25) is 0 Å². The number of ether oxygens (including phenoxy) is 1. The number of carbonyl (C=O) groups is 1. The van der Waals surface area contributed by atoms with E-state index in [0.717, 1.165) is 9.99 Å². The molecule has 0 aliphatic rings. The number of carbonyl (C=O) groups excluding carboxylic acids is 1. The van der Waals surface area contributed by atoms with Gasteiger partial charge < -0.3 is 4.74 Å². The highest BCUT2D eigenvalue weighted by atomic mass is 79.9. The van der Waals surface area contributed by atoms with E-state index >= 15 is 0 Å². The van der Waals surface area contributed by atoms with Gasteiger partial charge in [0, 0.05) is 6.20 Å². The Hall–Kier alpha value is -1.36. The van der Waals surface area contributed by atoms with Crippen molar-refractivity contribution < 1.29 is 9.53 Å². The molecule has 0 aliphatic carbocycles. The minimum atomic E-state index is -0.364. The molecule has 2 aromatic rings. The monoisotopic (exact) mass is 254 g/mol. The quantitative estimate of drug-likeness (QED) is 0.731. The van der Waals surface area contributed by atoms with Gasteiger partial charge >= 0.3 is 5.97 Å². The second-order valence-corrected chi connectivity index (χ2v) is 3.55. The average Bonchev–Trinajstić information content (AvgIpc) is 2.59. The van der Waals surface area contributed by atoms with Crippen LogP contribution < -0.4 is 0 Å². The third-order valence-electron chi connectivity index (χ3n) is 1.90. The van der Waals surface area contributed by atoms with Gasteiger partial charge in [-0.2, -0.15) is 5.10 Å². The lowest BCUT2D eigenvalue weighted by atomic mass is 10.2. The van der Waals surface area contributed by atoms with Gasteiger partial charge in [0.1, 0.15) is 0 Å². The van der Waals surface area contributed by atoms with E-state index < -0.39 is 0 Å². The predicted octanol–water partition coefficient (Wildman–Crippen LogP) is 1.88. The Morgan fingerprint density at radius 2 is 2.43 bits per heavy atom. The molecule has 72 valence electrons. The zero-order valence-corrected chi connectivity index (χ0v) is 8.98. The zero-order chi connectivity index (χ0) is 10.1. The van der Waals surface area contributed by atoms with E-state index in [1.165, 1.54) is 7.11 Å². The highest BCUT2D eigenvalue weighted by Gasteiger charge is 2.13. The predicted molar refractivity (Wildman–Crippen MR) is 54.2 cm³/mol. The van der Waals surface area contributed by atoms with Crippen molar-refractivity contribution >= 4 is 27.4 Å². The van der Waals surface area contributed by atoms with Crippen LogP contribution in [-0.2, 0) is 4.74 Å². The zero-order valence-electron chi connectivity index (χ0n) is 7.40. The number of methoxy groups -OCH3 is 1. The Bertz CT molecular complexity index is 493. The molecular formula is C9H7BrN2O2. The van der Waals surface area contributed by atoms with Crippen molar-refractivity contribution in [3.8, 4) is 0 Å². The van der Waals surface area contributed by atoms with E-state index in [-0.39, 0.29) is 5.97 Å². The van der Waals surface area contributed by atoms with Crippen LogP contribution in [0, 0.1) is 0 Å². The topological polar surface area (TPSA) is 43.6 Å². The summed E-state index contributed by atoms with van der Waals surface area (Å²) in [6, 6.07) is 3.45. The number of hydrogen-bond acceptors (Lipinski definition) is 3. The number of hydrogen-bond donors (Lipinski definition) is 0. The Labute approximate surface area is 88.6 Å². The van der Waals surface area contributed by atoms with Crippen molar-refractivity contribution in [1.82, 2.24) is 9.61 Å². The summed E-state index contributed by atoms with van der Waals surface area (Å²) in [5.41, 5.74) is 1.22. The van der Waals surface area contributed by atoms with Gasteiger partial charge in [0.05, 0.1) is 28.9 Å². The van der Waals surface area contributed by atoms with Crippen molar-refractivity contribution in [2.24, 2.45) is 0 Å². The van der Waals surface area contributed by atoms with Gasteiger partial charge in [-0.1, -0.05) is 0 Å². The normalized spacial score (nSPS) is 10.4. The lowest BCUT2D eigenvalue weighted by molar-refractivity contribution is 0.0602. The molecule has 4 nitrogen and oxygen atoms in total. The first kappa shape index (κ1) is 9.21. The number of pyridine rings is 1. The summed E-state index contributed by atoms with van der Waals surface area (Å²) in [5.74, 6) is -0.364. The molecule has 2 rings (SSSR count). The Morgan fingerprint density at radius 3 is 3.14 bits per heavy atom. The Kier molecular flexibility index (Phi) is 2.25. The molecule has 0 bridgehead atoms. The van der Waals surface area contributed by atoms with Crippen molar-refractivity contribution in [1.29, 1.82) is 0 Å². The second-order valence-electron chi connectivity index (χ2n) is 2.70. The molecule has 0 saturated carbocycles. The molecule has 0 radical (unpaired) electrons. The van der Waals surface area contributed by atoms with Gasteiger partial charge in [0.2, 0.25) is 0 Å².